The van der Waals surface area contributed by atoms with Crippen molar-refractivity contribution in [2.45, 2.75) is 109 Å². The molecule has 1 saturated heterocycles. The summed E-state index contributed by atoms with van der Waals surface area (Å²) in [6, 6.07) is 32.9. The summed E-state index contributed by atoms with van der Waals surface area (Å²) in [4.78, 5) is 104. The number of rotatable bonds is 21. The molecule has 5 atom stereocenters. The number of aliphatic hydroxyl groups excluding tert-OH is 1. The van der Waals surface area contributed by atoms with Gasteiger partial charge in [0.2, 0.25) is 23.6 Å². The second-order valence-electron chi connectivity index (χ2n) is 25.1. The number of nitrogens with zero attached hydrogens (tertiary/aromatic N) is 4. The molecule has 12 rings (SSSR count). The smallest absolute Gasteiger partial charge is 0.416 e. The Morgan fingerprint density at radius 1 is 0.726 bits per heavy atom. The maximum Gasteiger partial charge on any atom is 0.416 e. The number of nitrogens with one attached hydrogen (secondary N) is 4. The van der Waals surface area contributed by atoms with Crippen LogP contribution in [-0.2, 0) is 37.1 Å². The SMILES string of the molecule is COc1ccc(C2=CN3C(=O)c4cc(OC)c(OCCCOc5cc6c(cc5OC)C(=O)N5CC7(CC7)C[C@H]5C(O)N6C(=O)OCc5ccc(NC(=O)[C@H](C)NC(=O)[C@@H](NC(=O)CCC(=O)N6Cc7ccccc7C#Cc7ccccc76)C(C)C)cc5)cc4NC[C@@H]3C2)cc1. The van der Waals surface area contributed by atoms with Crippen molar-refractivity contribution in [1.82, 2.24) is 20.4 Å². The Morgan fingerprint density at radius 3 is 2.12 bits per heavy atom. The molecule has 0 bridgehead atoms. The van der Waals surface area contributed by atoms with Crippen molar-refractivity contribution in [1.29, 1.82) is 0 Å². The Labute approximate surface area is 550 Å². The van der Waals surface area contributed by atoms with E-state index in [0.29, 0.717) is 77.6 Å². The van der Waals surface area contributed by atoms with E-state index in [-0.39, 0.29) is 97.1 Å². The highest BCUT2D eigenvalue weighted by atomic mass is 16.6. The monoisotopic (exact) mass is 1290 g/mol. The van der Waals surface area contributed by atoms with Crippen LogP contribution in [0.1, 0.15) is 114 Å². The summed E-state index contributed by atoms with van der Waals surface area (Å²) in [5.74, 6) is 5.58. The predicted octanol–water partition coefficient (Wildman–Crippen LogP) is 9.02. The molecule has 5 heterocycles. The second-order valence-corrected chi connectivity index (χ2v) is 25.1. The van der Waals surface area contributed by atoms with Crippen LogP contribution in [0.25, 0.3) is 5.57 Å². The predicted molar refractivity (Wildman–Crippen MR) is 354 cm³/mol. The molecule has 0 aromatic heterocycles. The fraction of sp³-hybridized carbons (Fsp3) is 0.356. The largest absolute Gasteiger partial charge is 0.497 e. The van der Waals surface area contributed by atoms with Crippen LogP contribution >= 0.6 is 0 Å². The van der Waals surface area contributed by atoms with E-state index in [2.05, 4.69) is 33.1 Å². The highest BCUT2D eigenvalue weighted by Crippen LogP contribution is 2.57. The molecule has 6 aliphatic rings. The highest BCUT2D eigenvalue weighted by molar-refractivity contribution is 6.07. The average molecular weight is 1290 g/mol. The van der Waals surface area contributed by atoms with E-state index in [9.17, 15) is 38.7 Å². The summed E-state index contributed by atoms with van der Waals surface area (Å²) in [5, 5.41) is 23.9. The molecule has 5 N–H and O–H groups in total. The number of carbonyl (C=O) groups is 7. The summed E-state index contributed by atoms with van der Waals surface area (Å²) >= 11 is 0. The van der Waals surface area contributed by atoms with Gasteiger partial charge in [0.1, 0.15) is 24.4 Å². The molecule has 6 aromatic carbocycles. The van der Waals surface area contributed by atoms with E-state index in [1.807, 2.05) is 79.0 Å². The molecule has 1 saturated carbocycles. The number of para-hydroxylation sites is 1. The van der Waals surface area contributed by atoms with Crippen molar-refractivity contribution in [2.75, 3.05) is 68.1 Å². The maximum absolute atomic E-state index is 14.5. The molecular formula is C73H76N8O14. The molecular weight excluding hydrogens is 1210 g/mol. The Morgan fingerprint density at radius 2 is 1.41 bits per heavy atom. The first-order valence-electron chi connectivity index (χ1n) is 32.0. The highest BCUT2D eigenvalue weighted by Gasteiger charge is 2.58. The number of benzene rings is 6. The molecule has 1 unspecified atom stereocenters. The van der Waals surface area contributed by atoms with Gasteiger partial charge in [-0.05, 0) is 121 Å². The van der Waals surface area contributed by atoms with Gasteiger partial charge in [-0.3, -0.25) is 28.8 Å². The molecule has 2 fully saturated rings. The van der Waals surface area contributed by atoms with E-state index in [0.717, 1.165) is 45.8 Å². The van der Waals surface area contributed by atoms with E-state index in [4.69, 9.17) is 28.4 Å². The van der Waals surface area contributed by atoms with Crippen LogP contribution in [0.4, 0.5) is 27.5 Å². The molecule has 492 valence electrons. The van der Waals surface area contributed by atoms with Crippen molar-refractivity contribution in [3.63, 3.8) is 0 Å². The van der Waals surface area contributed by atoms with Gasteiger partial charge in [0, 0.05) is 67.5 Å². The lowest BCUT2D eigenvalue weighted by Crippen LogP contribution is -2.53. The van der Waals surface area contributed by atoms with Crippen LogP contribution in [0.15, 0.2) is 128 Å². The molecule has 6 aromatic rings. The van der Waals surface area contributed by atoms with Crippen molar-refractivity contribution in [3.8, 4) is 40.6 Å². The zero-order valence-electron chi connectivity index (χ0n) is 53.8. The molecule has 22 heteroatoms. The topological polar surface area (TPSA) is 256 Å². The van der Waals surface area contributed by atoms with Crippen LogP contribution in [0.5, 0.6) is 28.7 Å². The van der Waals surface area contributed by atoms with Gasteiger partial charge < -0.3 is 69.5 Å². The number of aliphatic hydroxyl groups is 1. The summed E-state index contributed by atoms with van der Waals surface area (Å²) in [5.41, 5.74) is 7.15. The Hall–Kier alpha value is -10.5. The summed E-state index contributed by atoms with van der Waals surface area (Å²) < 4.78 is 35.3. The van der Waals surface area contributed by atoms with E-state index < -0.39 is 48.2 Å². The van der Waals surface area contributed by atoms with E-state index in [1.54, 1.807) is 72.1 Å². The number of anilines is 4. The van der Waals surface area contributed by atoms with Crippen molar-refractivity contribution < 1.29 is 67.1 Å². The van der Waals surface area contributed by atoms with Gasteiger partial charge in [-0.2, -0.15) is 0 Å². The van der Waals surface area contributed by atoms with Crippen LogP contribution in [0, 0.1) is 23.2 Å². The number of hydrogen-bond acceptors (Lipinski definition) is 15. The lowest BCUT2D eigenvalue weighted by atomic mass is 10.0. The molecule has 22 nitrogen and oxygen atoms in total. The van der Waals surface area contributed by atoms with Gasteiger partial charge >= 0.3 is 6.09 Å². The molecule has 95 heavy (non-hydrogen) atoms. The van der Waals surface area contributed by atoms with Gasteiger partial charge in [-0.1, -0.05) is 80.3 Å². The molecule has 5 aliphatic heterocycles. The molecule has 1 aliphatic carbocycles. The summed E-state index contributed by atoms with van der Waals surface area (Å²) in [6.07, 6.45) is 2.55. The van der Waals surface area contributed by atoms with E-state index in [1.165, 1.54) is 33.3 Å². The number of hydrogen-bond donors (Lipinski definition) is 5. The lowest BCUT2D eigenvalue weighted by molar-refractivity contribution is -0.132. The third-order valence-electron chi connectivity index (χ3n) is 18.4. The van der Waals surface area contributed by atoms with Crippen molar-refractivity contribution >= 4 is 69.9 Å². The first-order valence-corrected chi connectivity index (χ1v) is 32.0. The Bertz CT molecular complexity index is 4080. The molecule has 1 spiro atoms. The maximum atomic E-state index is 14.5. The quantitative estimate of drug-likeness (QED) is 0.0333. The molecule has 0 radical (unpaired) electrons. The fourth-order valence-corrected chi connectivity index (χ4v) is 12.9. The van der Waals surface area contributed by atoms with Crippen LogP contribution < -0.4 is 54.8 Å². The molecule has 7 amide bonds. The number of ether oxygens (including phenoxy) is 6. The van der Waals surface area contributed by atoms with Crippen LogP contribution in [0.2, 0.25) is 0 Å². The zero-order chi connectivity index (χ0) is 66.7. The van der Waals surface area contributed by atoms with E-state index >= 15 is 0 Å². The summed E-state index contributed by atoms with van der Waals surface area (Å²) in [6.45, 7) is 6.30. The number of methoxy groups -OCH3 is 3. The van der Waals surface area contributed by atoms with Gasteiger partial charge in [-0.15, -0.1) is 0 Å². The van der Waals surface area contributed by atoms with Crippen molar-refractivity contribution in [2.24, 2.45) is 11.3 Å². The average Bonchev–Trinajstić information content (AvgIpc) is 1.57. The minimum atomic E-state index is -1.48. The number of fused-ring (bicyclic) bond motifs is 6. The van der Waals surface area contributed by atoms with Crippen LogP contribution in [-0.4, -0.2) is 134 Å². The number of amides is 7. The first kappa shape index (κ1) is 64.6. The third kappa shape index (κ3) is 13.8. The van der Waals surface area contributed by atoms with Crippen molar-refractivity contribution in [3.05, 3.63) is 166 Å². The normalized spacial score (nSPS) is 18.3. The van der Waals surface area contributed by atoms with Gasteiger partial charge in [-0.25, -0.2) is 9.69 Å². The first-order chi connectivity index (χ1) is 45.9. The van der Waals surface area contributed by atoms with Gasteiger partial charge in [0.15, 0.2) is 29.2 Å². The van der Waals surface area contributed by atoms with Gasteiger partial charge in [0.25, 0.3) is 11.8 Å². The summed E-state index contributed by atoms with van der Waals surface area (Å²) in [7, 11) is 4.59. The number of carbonyl (C=O) groups excluding carboxylic acids is 7. The Balaban J connectivity index is 0.648. The Kier molecular flexibility index (Phi) is 18.7. The standard InChI is InChI=1S/C73H76N8O14/c1-43(2)66(77-64(82)26-27-65(83)79-39-49-14-8-7-12-46(49)18-19-48-13-9-10-15-57(48)79)68(85)75-44(3)67(84)76-51-22-16-45(17-23-51)41-95-72(89)81-58-36-63(61(92-6)34-55(58)70(87)80-42-73(28-29-73)37-59(80)71(81)88)94-31-11-30-93-62-35-56-54(33-60(62)91-5)69(86)78-40-50(32-52(78)38-74-56)47-20-24-53(90-4)25-21-47/h7-10,12-17,20-25,33-36,40,43-44,52,59,66,71,74,88H,11,26-32,37-39,41-42H2,1-6H3,(H,75,85)(H,76,84)(H,77,82)/t44-,52-,59-,66-,71?/m0/s1. The lowest BCUT2D eigenvalue weighted by Gasteiger charge is -2.31. The van der Waals surface area contributed by atoms with Crippen LogP contribution in [0.3, 0.4) is 0 Å². The minimum absolute atomic E-state index is 0.0744. The third-order valence-corrected chi connectivity index (χ3v) is 18.4. The zero-order valence-corrected chi connectivity index (χ0v) is 53.8. The fourth-order valence-electron chi connectivity index (χ4n) is 12.9. The second kappa shape index (κ2) is 27.6. The van der Waals surface area contributed by atoms with Gasteiger partial charge in [0.05, 0.1) is 81.4 Å². The minimum Gasteiger partial charge on any atom is -0.497 e.